The lowest BCUT2D eigenvalue weighted by molar-refractivity contribution is 0.148. The van der Waals surface area contributed by atoms with Crippen molar-refractivity contribution in [1.29, 1.82) is 0 Å². The molecule has 1 aliphatic rings. The molecule has 1 unspecified atom stereocenters. The third kappa shape index (κ3) is 3.25. The normalized spacial score (nSPS) is 26.5. The van der Waals surface area contributed by atoms with Gasteiger partial charge in [-0.2, -0.15) is 0 Å². The van der Waals surface area contributed by atoms with E-state index in [0.717, 1.165) is 12.8 Å². The summed E-state index contributed by atoms with van der Waals surface area (Å²) in [5.41, 5.74) is 0.365. The average molecular weight is 185 g/mol. The third-order valence-electron chi connectivity index (χ3n) is 2.71. The van der Waals surface area contributed by atoms with E-state index in [0.29, 0.717) is 11.5 Å². The van der Waals surface area contributed by atoms with Gasteiger partial charge in [0.05, 0.1) is 7.11 Å². The summed E-state index contributed by atoms with van der Waals surface area (Å²) in [5.74, 6) is 0. The molecule has 1 N–H and O–H groups in total. The summed E-state index contributed by atoms with van der Waals surface area (Å²) in [6.45, 7) is 4.50. The number of carbonyl (C=O) groups is 1. The summed E-state index contributed by atoms with van der Waals surface area (Å²) in [7, 11) is 1.41. The zero-order valence-electron chi connectivity index (χ0n) is 8.72. The summed E-state index contributed by atoms with van der Waals surface area (Å²) in [4.78, 5) is 11.0. The second kappa shape index (κ2) is 3.99. The van der Waals surface area contributed by atoms with Crippen LogP contribution < -0.4 is 5.32 Å². The first-order valence-corrected chi connectivity index (χ1v) is 4.88. The monoisotopic (exact) mass is 185 g/mol. The molecule has 0 aliphatic heterocycles. The highest BCUT2D eigenvalue weighted by Crippen LogP contribution is 2.34. The minimum atomic E-state index is -0.303. The van der Waals surface area contributed by atoms with E-state index in [-0.39, 0.29) is 6.09 Å². The van der Waals surface area contributed by atoms with E-state index < -0.39 is 0 Å². The molecule has 0 aromatic carbocycles. The van der Waals surface area contributed by atoms with Gasteiger partial charge in [-0.1, -0.05) is 20.3 Å². The number of rotatable bonds is 1. The molecule has 3 nitrogen and oxygen atoms in total. The first-order chi connectivity index (χ1) is 6.03. The van der Waals surface area contributed by atoms with Crippen LogP contribution in [-0.2, 0) is 4.74 Å². The van der Waals surface area contributed by atoms with Crippen molar-refractivity contribution in [2.45, 2.75) is 45.6 Å². The van der Waals surface area contributed by atoms with Gasteiger partial charge < -0.3 is 10.1 Å². The maximum atomic E-state index is 11.0. The number of amides is 1. The minimum absolute atomic E-state index is 0.302. The second-order valence-corrected chi connectivity index (χ2v) is 4.59. The molecule has 0 heterocycles. The van der Waals surface area contributed by atoms with Crippen LogP contribution in [0.2, 0.25) is 0 Å². The van der Waals surface area contributed by atoms with Crippen LogP contribution in [0.3, 0.4) is 0 Å². The number of methoxy groups -OCH3 is 1. The van der Waals surface area contributed by atoms with Crippen molar-refractivity contribution < 1.29 is 9.53 Å². The van der Waals surface area contributed by atoms with Crippen molar-refractivity contribution in [1.82, 2.24) is 5.32 Å². The lowest BCUT2D eigenvalue weighted by atomic mass is 9.75. The van der Waals surface area contributed by atoms with Gasteiger partial charge in [0.1, 0.15) is 0 Å². The van der Waals surface area contributed by atoms with Gasteiger partial charge in [0, 0.05) is 6.04 Å². The van der Waals surface area contributed by atoms with Crippen molar-refractivity contribution >= 4 is 6.09 Å². The number of alkyl carbamates (subject to hydrolysis) is 1. The van der Waals surface area contributed by atoms with E-state index in [4.69, 9.17) is 0 Å². The fraction of sp³-hybridized carbons (Fsp3) is 0.900. The van der Waals surface area contributed by atoms with Crippen LogP contribution in [0.4, 0.5) is 4.79 Å². The van der Waals surface area contributed by atoms with Crippen LogP contribution in [-0.4, -0.2) is 19.2 Å². The van der Waals surface area contributed by atoms with Gasteiger partial charge in [-0.25, -0.2) is 4.79 Å². The Morgan fingerprint density at radius 1 is 1.54 bits per heavy atom. The minimum Gasteiger partial charge on any atom is -0.453 e. The molecule has 0 bridgehead atoms. The Hall–Kier alpha value is -0.730. The topological polar surface area (TPSA) is 38.3 Å². The summed E-state index contributed by atoms with van der Waals surface area (Å²) in [6, 6.07) is 0.302. The van der Waals surface area contributed by atoms with Crippen LogP contribution in [0.5, 0.6) is 0 Å². The fourth-order valence-corrected chi connectivity index (χ4v) is 2.05. The Kier molecular flexibility index (Phi) is 3.17. The largest absolute Gasteiger partial charge is 0.453 e. The van der Waals surface area contributed by atoms with Gasteiger partial charge in [-0.15, -0.1) is 0 Å². The molecule has 1 atom stereocenters. The molecule has 13 heavy (non-hydrogen) atoms. The smallest absolute Gasteiger partial charge is 0.407 e. The Labute approximate surface area is 79.8 Å². The highest BCUT2D eigenvalue weighted by molar-refractivity contribution is 5.67. The molecule has 1 fully saturated rings. The molecule has 0 radical (unpaired) electrons. The van der Waals surface area contributed by atoms with Crippen molar-refractivity contribution in [3.63, 3.8) is 0 Å². The average Bonchev–Trinajstić information content (AvgIpc) is 2.02. The van der Waals surface area contributed by atoms with E-state index in [1.165, 1.54) is 20.0 Å². The lowest BCUT2D eigenvalue weighted by Gasteiger charge is -2.35. The molecule has 3 heteroatoms. The Balaban J connectivity index is 2.39. The summed E-state index contributed by atoms with van der Waals surface area (Å²) in [5, 5.41) is 2.86. The highest BCUT2D eigenvalue weighted by atomic mass is 16.5. The molecular weight excluding hydrogens is 166 g/mol. The van der Waals surface area contributed by atoms with Gasteiger partial charge in [0.25, 0.3) is 0 Å². The van der Waals surface area contributed by atoms with Crippen LogP contribution in [0, 0.1) is 5.41 Å². The van der Waals surface area contributed by atoms with Gasteiger partial charge in [0.2, 0.25) is 0 Å². The molecule has 1 amide bonds. The standard InChI is InChI=1S/C10H19NO2/c1-10(2)6-4-5-8(7-10)11-9(12)13-3/h8H,4-7H2,1-3H3,(H,11,12). The van der Waals surface area contributed by atoms with Crippen LogP contribution in [0.1, 0.15) is 39.5 Å². The Morgan fingerprint density at radius 3 is 2.77 bits per heavy atom. The number of hydrogen-bond acceptors (Lipinski definition) is 2. The zero-order chi connectivity index (χ0) is 9.90. The molecule has 1 aliphatic carbocycles. The number of hydrogen-bond donors (Lipinski definition) is 1. The molecule has 0 aromatic rings. The zero-order valence-corrected chi connectivity index (χ0v) is 8.72. The van der Waals surface area contributed by atoms with Gasteiger partial charge in [0.15, 0.2) is 0 Å². The highest BCUT2D eigenvalue weighted by Gasteiger charge is 2.28. The fourth-order valence-electron chi connectivity index (χ4n) is 2.05. The first-order valence-electron chi connectivity index (χ1n) is 4.88. The summed E-state index contributed by atoms with van der Waals surface area (Å²) >= 11 is 0. The molecular formula is C10H19NO2. The molecule has 1 saturated carbocycles. The van der Waals surface area contributed by atoms with E-state index >= 15 is 0 Å². The van der Waals surface area contributed by atoms with E-state index in [2.05, 4.69) is 23.9 Å². The summed E-state index contributed by atoms with van der Waals surface area (Å²) < 4.78 is 4.57. The quantitative estimate of drug-likeness (QED) is 0.680. The third-order valence-corrected chi connectivity index (χ3v) is 2.71. The maximum absolute atomic E-state index is 11.0. The molecule has 0 aromatic heterocycles. The van der Waals surface area contributed by atoms with Gasteiger partial charge >= 0.3 is 6.09 Å². The molecule has 1 rings (SSSR count). The van der Waals surface area contributed by atoms with Crippen molar-refractivity contribution in [3.05, 3.63) is 0 Å². The summed E-state index contributed by atoms with van der Waals surface area (Å²) in [6.07, 6.45) is 4.29. The van der Waals surface area contributed by atoms with Crippen LogP contribution in [0.25, 0.3) is 0 Å². The van der Waals surface area contributed by atoms with Crippen LogP contribution >= 0.6 is 0 Å². The Morgan fingerprint density at radius 2 is 2.23 bits per heavy atom. The van der Waals surface area contributed by atoms with Crippen LogP contribution in [0.15, 0.2) is 0 Å². The van der Waals surface area contributed by atoms with Crippen molar-refractivity contribution in [2.75, 3.05) is 7.11 Å². The van der Waals surface area contributed by atoms with Crippen molar-refractivity contribution in [2.24, 2.45) is 5.41 Å². The maximum Gasteiger partial charge on any atom is 0.407 e. The molecule has 76 valence electrons. The number of ether oxygens (including phenoxy) is 1. The molecule has 0 spiro atoms. The van der Waals surface area contributed by atoms with Gasteiger partial charge in [-0.05, 0) is 24.7 Å². The van der Waals surface area contributed by atoms with Gasteiger partial charge in [-0.3, -0.25) is 0 Å². The number of nitrogens with one attached hydrogen (secondary N) is 1. The lowest BCUT2D eigenvalue weighted by Crippen LogP contribution is -2.40. The first kappa shape index (κ1) is 10.4. The molecule has 0 saturated heterocycles. The van der Waals surface area contributed by atoms with Crippen molar-refractivity contribution in [3.8, 4) is 0 Å². The second-order valence-electron chi connectivity index (χ2n) is 4.59. The Bertz CT molecular complexity index is 189. The predicted octanol–water partition coefficient (Wildman–Crippen LogP) is 2.31. The van der Waals surface area contributed by atoms with E-state index in [1.807, 2.05) is 0 Å². The number of carbonyl (C=O) groups excluding carboxylic acids is 1. The predicted molar refractivity (Wildman–Crippen MR) is 51.6 cm³/mol. The van der Waals surface area contributed by atoms with E-state index in [1.54, 1.807) is 0 Å². The van der Waals surface area contributed by atoms with E-state index in [9.17, 15) is 4.79 Å². The SMILES string of the molecule is COC(=O)NC1CCCC(C)(C)C1.